The van der Waals surface area contributed by atoms with Gasteiger partial charge in [-0.2, -0.15) is 0 Å². The Morgan fingerprint density at radius 2 is 2.22 bits per heavy atom. The Hall–Kier alpha value is -1.43. The molecule has 1 N–H and O–H groups in total. The maximum Gasteiger partial charge on any atom is 0.254 e. The van der Waals surface area contributed by atoms with E-state index in [-0.39, 0.29) is 22.8 Å². The highest BCUT2D eigenvalue weighted by molar-refractivity contribution is 9.10. The molecule has 1 aliphatic heterocycles. The smallest absolute Gasteiger partial charge is 0.254 e. The fourth-order valence-corrected chi connectivity index (χ4v) is 2.17. The molecular weight excluding hydrogens is 303 g/mol. The summed E-state index contributed by atoms with van der Waals surface area (Å²) in [5.41, 5.74) is 0.373. The van der Waals surface area contributed by atoms with Crippen LogP contribution in [0.5, 0.6) is 0 Å². The second kappa shape index (κ2) is 5.48. The molecule has 2 amide bonds. The summed E-state index contributed by atoms with van der Waals surface area (Å²) in [5.74, 6) is -0.838. The molecule has 1 aromatic carbocycles. The van der Waals surface area contributed by atoms with Gasteiger partial charge in [0.25, 0.3) is 5.91 Å². The number of carbonyl (C=O) groups excluding carboxylic acids is 2. The number of halogens is 2. The van der Waals surface area contributed by atoms with Crippen LogP contribution in [0, 0.1) is 5.82 Å². The van der Waals surface area contributed by atoms with Crippen molar-refractivity contribution < 1.29 is 14.0 Å². The Bertz CT molecular complexity index is 493. The fraction of sp³-hybridized carbons (Fsp3) is 0.333. The van der Waals surface area contributed by atoms with E-state index >= 15 is 0 Å². The fourth-order valence-electron chi connectivity index (χ4n) is 1.79. The number of nitrogens with one attached hydrogen (secondary N) is 1. The van der Waals surface area contributed by atoms with E-state index in [0.717, 1.165) is 6.42 Å². The second-order valence-electron chi connectivity index (χ2n) is 4.06. The first-order valence-corrected chi connectivity index (χ1v) is 6.38. The molecule has 0 spiro atoms. The predicted molar refractivity (Wildman–Crippen MR) is 67.6 cm³/mol. The van der Waals surface area contributed by atoms with Crippen molar-refractivity contribution in [3.8, 4) is 0 Å². The molecule has 0 bridgehead atoms. The van der Waals surface area contributed by atoms with E-state index in [1.54, 1.807) is 0 Å². The highest BCUT2D eigenvalue weighted by atomic mass is 79.9. The van der Waals surface area contributed by atoms with E-state index in [9.17, 15) is 14.0 Å². The molecule has 0 aromatic heterocycles. The summed E-state index contributed by atoms with van der Waals surface area (Å²) in [4.78, 5) is 25.0. The molecule has 1 saturated heterocycles. The van der Waals surface area contributed by atoms with Gasteiger partial charge in [-0.3, -0.25) is 9.59 Å². The molecule has 6 heteroatoms. The average molecular weight is 315 g/mol. The molecule has 1 aromatic rings. The van der Waals surface area contributed by atoms with Crippen molar-refractivity contribution in [1.29, 1.82) is 0 Å². The normalized spacial score (nSPS) is 16.1. The van der Waals surface area contributed by atoms with Gasteiger partial charge in [0.15, 0.2) is 0 Å². The number of rotatable bonds is 1. The Kier molecular flexibility index (Phi) is 3.96. The van der Waals surface area contributed by atoms with Crippen molar-refractivity contribution in [1.82, 2.24) is 10.2 Å². The van der Waals surface area contributed by atoms with Crippen LogP contribution in [0.15, 0.2) is 22.7 Å². The summed E-state index contributed by atoms with van der Waals surface area (Å²) in [6.07, 6.45) is 0.722. The summed E-state index contributed by atoms with van der Waals surface area (Å²) in [5, 5.41) is 2.70. The summed E-state index contributed by atoms with van der Waals surface area (Å²) < 4.78 is 13.3. The van der Waals surface area contributed by atoms with Gasteiger partial charge in [0.2, 0.25) is 5.91 Å². The summed E-state index contributed by atoms with van der Waals surface area (Å²) in [6, 6.07) is 4.08. The van der Waals surface area contributed by atoms with E-state index < -0.39 is 5.82 Å². The molecule has 4 nitrogen and oxygen atoms in total. The number of hydrogen-bond donors (Lipinski definition) is 1. The van der Waals surface area contributed by atoms with Gasteiger partial charge in [0.05, 0.1) is 11.0 Å². The molecule has 18 heavy (non-hydrogen) atoms. The number of nitrogens with zero attached hydrogens (tertiary/aromatic N) is 1. The van der Waals surface area contributed by atoms with Crippen molar-refractivity contribution in [2.24, 2.45) is 0 Å². The van der Waals surface area contributed by atoms with Gasteiger partial charge in [-0.15, -0.1) is 0 Å². The highest BCUT2D eigenvalue weighted by Gasteiger charge is 2.21. The minimum absolute atomic E-state index is 0.0494. The van der Waals surface area contributed by atoms with Crippen molar-refractivity contribution in [2.45, 2.75) is 6.42 Å². The quantitative estimate of drug-likeness (QED) is 0.855. The minimum Gasteiger partial charge on any atom is -0.354 e. The van der Waals surface area contributed by atoms with Crippen LogP contribution in [-0.2, 0) is 4.79 Å². The average Bonchev–Trinajstić information content (AvgIpc) is 2.56. The Balaban J connectivity index is 2.19. The van der Waals surface area contributed by atoms with Gasteiger partial charge >= 0.3 is 0 Å². The van der Waals surface area contributed by atoms with Crippen molar-refractivity contribution in [3.05, 3.63) is 34.1 Å². The van der Waals surface area contributed by atoms with Crippen molar-refractivity contribution in [2.75, 3.05) is 19.6 Å². The van der Waals surface area contributed by atoms with Gasteiger partial charge in [0.1, 0.15) is 5.82 Å². The van der Waals surface area contributed by atoms with Crippen LogP contribution in [0.25, 0.3) is 0 Å². The number of amides is 2. The molecule has 1 aliphatic rings. The lowest BCUT2D eigenvalue weighted by Crippen LogP contribution is -2.37. The summed E-state index contributed by atoms with van der Waals surface area (Å²) >= 11 is 3.04. The third-order valence-corrected chi connectivity index (χ3v) is 3.32. The first-order valence-electron chi connectivity index (χ1n) is 5.59. The van der Waals surface area contributed by atoms with E-state index in [2.05, 4.69) is 21.2 Å². The molecule has 96 valence electrons. The first kappa shape index (κ1) is 13.0. The zero-order valence-electron chi connectivity index (χ0n) is 9.58. The first-order chi connectivity index (χ1) is 8.58. The Morgan fingerprint density at radius 3 is 2.94 bits per heavy atom. The topological polar surface area (TPSA) is 49.4 Å². The number of hydrogen-bond acceptors (Lipinski definition) is 2. The molecule has 1 fully saturated rings. The molecule has 0 aliphatic carbocycles. The third kappa shape index (κ3) is 2.87. The molecule has 1 heterocycles. The maximum absolute atomic E-state index is 13.1. The predicted octanol–water partition coefficient (Wildman–Crippen LogP) is 1.55. The Labute approximate surface area is 112 Å². The van der Waals surface area contributed by atoms with Gasteiger partial charge in [-0.25, -0.2) is 4.39 Å². The zero-order valence-corrected chi connectivity index (χ0v) is 11.2. The van der Waals surface area contributed by atoms with Crippen LogP contribution in [0.1, 0.15) is 16.8 Å². The van der Waals surface area contributed by atoms with Crippen molar-refractivity contribution >= 4 is 27.7 Å². The summed E-state index contributed by atoms with van der Waals surface area (Å²) in [7, 11) is 0. The lowest BCUT2D eigenvalue weighted by atomic mass is 10.2. The van der Waals surface area contributed by atoms with Gasteiger partial charge in [0, 0.05) is 18.7 Å². The van der Waals surface area contributed by atoms with Crippen LogP contribution in [-0.4, -0.2) is 36.3 Å². The van der Waals surface area contributed by atoms with Crippen LogP contribution in [0.3, 0.4) is 0 Å². The maximum atomic E-state index is 13.1. The molecule has 0 unspecified atom stereocenters. The molecule has 0 radical (unpaired) electrons. The van der Waals surface area contributed by atoms with Gasteiger partial charge < -0.3 is 10.2 Å². The lowest BCUT2D eigenvalue weighted by Gasteiger charge is -2.19. The second-order valence-corrected chi connectivity index (χ2v) is 4.91. The highest BCUT2D eigenvalue weighted by Crippen LogP contribution is 2.18. The van der Waals surface area contributed by atoms with Crippen LogP contribution in [0.4, 0.5) is 4.39 Å². The minimum atomic E-state index is -0.417. The SMILES string of the molecule is O=C1CN(C(=O)c2ccc(F)c(Br)c2)CCCN1. The monoisotopic (exact) mass is 314 g/mol. The zero-order chi connectivity index (χ0) is 13.1. The van der Waals surface area contributed by atoms with E-state index in [0.29, 0.717) is 18.7 Å². The Morgan fingerprint density at radius 1 is 1.44 bits per heavy atom. The van der Waals surface area contributed by atoms with Crippen LogP contribution >= 0.6 is 15.9 Å². The molecule has 0 atom stereocenters. The molecule has 0 saturated carbocycles. The number of carbonyl (C=O) groups is 2. The van der Waals surface area contributed by atoms with E-state index in [1.165, 1.54) is 23.1 Å². The van der Waals surface area contributed by atoms with Gasteiger partial charge in [-0.1, -0.05) is 0 Å². The third-order valence-electron chi connectivity index (χ3n) is 2.72. The molecular formula is C12H12BrFN2O2. The largest absolute Gasteiger partial charge is 0.354 e. The van der Waals surface area contributed by atoms with E-state index in [4.69, 9.17) is 0 Å². The van der Waals surface area contributed by atoms with Gasteiger partial charge in [-0.05, 0) is 40.5 Å². The van der Waals surface area contributed by atoms with Crippen molar-refractivity contribution in [3.63, 3.8) is 0 Å². The lowest BCUT2D eigenvalue weighted by molar-refractivity contribution is -0.121. The standard InChI is InChI=1S/C12H12BrFN2O2/c13-9-6-8(2-3-10(9)14)12(18)16-5-1-4-15-11(17)7-16/h2-3,6H,1,4-5,7H2,(H,15,17). The van der Waals surface area contributed by atoms with Crippen LogP contribution in [0.2, 0.25) is 0 Å². The number of benzene rings is 1. The van der Waals surface area contributed by atoms with E-state index in [1.807, 2.05) is 0 Å². The van der Waals surface area contributed by atoms with Crippen LogP contribution < -0.4 is 5.32 Å². The summed E-state index contributed by atoms with van der Waals surface area (Å²) in [6.45, 7) is 1.15. The molecule has 2 rings (SSSR count).